The minimum absolute atomic E-state index is 0.0277. The van der Waals surface area contributed by atoms with Crippen molar-refractivity contribution in [1.82, 2.24) is 4.98 Å². The largest absolute Gasteiger partial charge is 0.466 e. The van der Waals surface area contributed by atoms with Gasteiger partial charge in [-0.05, 0) is 44.0 Å². The molecular weight excluding hydrogens is 346 g/mol. The van der Waals surface area contributed by atoms with E-state index in [1.54, 1.807) is 11.3 Å². The van der Waals surface area contributed by atoms with E-state index >= 15 is 0 Å². The number of aromatic nitrogens is 1. The van der Waals surface area contributed by atoms with E-state index in [2.05, 4.69) is 42.7 Å². The molecule has 0 radical (unpaired) electrons. The highest BCUT2D eigenvalue weighted by Gasteiger charge is 2.28. The number of thiazole rings is 1. The van der Waals surface area contributed by atoms with E-state index in [-0.39, 0.29) is 11.9 Å². The van der Waals surface area contributed by atoms with Crippen LogP contribution in [0.3, 0.4) is 0 Å². The van der Waals surface area contributed by atoms with Crippen LogP contribution in [0, 0.1) is 19.8 Å². The third-order valence-corrected chi connectivity index (χ3v) is 5.86. The molecule has 1 aliphatic rings. The Kier molecular flexibility index (Phi) is 6.27. The summed E-state index contributed by atoms with van der Waals surface area (Å²) in [5.74, 6) is 0.0521. The predicted molar refractivity (Wildman–Crippen MR) is 105 cm³/mol. The Balaban J connectivity index is 1.51. The lowest BCUT2D eigenvalue weighted by molar-refractivity contribution is -0.919. The zero-order chi connectivity index (χ0) is 18.5. The first-order valence-electron chi connectivity index (χ1n) is 9.34. The standard InChI is InChI=1S/C20H27N3O2S/c1-4-25-19(24)16-7-9-23(10-8-16)12-18-13-26-20(22-18)21-17-6-5-14(2)15(3)11-17/h5-6,11,13,16H,4,7-10,12H2,1-3H3,(H,21,22)/p+1. The number of esters is 1. The molecule has 0 saturated carbocycles. The summed E-state index contributed by atoms with van der Waals surface area (Å²) >= 11 is 1.65. The number of carbonyl (C=O) groups is 1. The van der Waals surface area contributed by atoms with E-state index in [4.69, 9.17) is 9.72 Å². The molecule has 0 spiro atoms. The van der Waals surface area contributed by atoms with Gasteiger partial charge in [-0.15, -0.1) is 11.3 Å². The normalized spacial score (nSPS) is 20.0. The number of rotatable bonds is 6. The molecule has 0 amide bonds. The van der Waals surface area contributed by atoms with Crippen LogP contribution >= 0.6 is 11.3 Å². The van der Waals surface area contributed by atoms with Gasteiger partial charge in [-0.25, -0.2) is 4.98 Å². The molecule has 3 rings (SSSR count). The Labute approximate surface area is 159 Å². The van der Waals surface area contributed by atoms with E-state index in [1.165, 1.54) is 16.0 Å². The SMILES string of the molecule is CCOC(=O)C1CC[NH+](Cc2csc(Nc3ccc(C)c(C)c3)n2)CC1. The van der Waals surface area contributed by atoms with Crippen molar-refractivity contribution in [2.24, 2.45) is 5.92 Å². The van der Waals surface area contributed by atoms with Crippen LogP contribution in [0.2, 0.25) is 0 Å². The lowest BCUT2D eigenvalue weighted by Gasteiger charge is -2.27. The van der Waals surface area contributed by atoms with Crippen molar-refractivity contribution in [3.8, 4) is 0 Å². The molecule has 0 bridgehead atoms. The zero-order valence-electron chi connectivity index (χ0n) is 15.8. The van der Waals surface area contributed by atoms with Gasteiger partial charge in [0.15, 0.2) is 5.13 Å². The van der Waals surface area contributed by atoms with Gasteiger partial charge in [-0.2, -0.15) is 0 Å². The van der Waals surface area contributed by atoms with Gasteiger partial charge in [-0.1, -0.05) is 6.07 Å². The summed E-state index contributed by atoms with van der Waals surface area (Å²) in [7, 11) is 0. The predicted octanol–water partition coefficient (Wildman–Crippen LogP) is 2.86. The van der Waals surface area contributed by atoms with Crippen LogP contribution in [-0.4, -0.2) is 30.6 Å². The number of benzene rings is 1. The Bertz CT molecular complexity index is 751. The number of anilines is 2. The summed E-state index contributed by atoms with van der Waals surface area (Å²) < 4.78 is 5.14. The van der Waals surface area contributed by atoms with Crippen molar-refractivity contribution in [2.75, 3.05) is 25.0 Å². The van der Waals surface area contributed by atoms with Gasteiger partial charge in [0.1, 0.15) is 12.2 Å². The molecule has 2 aromatic rings. The summed E-state index contributed by atoms with van der Waals surface area (Å²) in [6.07, 6.45) is 1.82. The second-order valence-electron chi connectivity index (χ2n) is 7.02. The first kappa shape index (κ1) is 18.9. The molecule has 5 nitrogen and oxygen atoms in total. The first-order chi connectivity index (χ1) is 12.5. The monoisotopic (exact) mass is 374 g/mol. The van der Waals surface area contributed by atoms with Crippen molar-refractivity contribution < 1.29 is 14.4 Å². The van der Waals surface area contributed by atoms with Crippen molar-refractivity contribution in [2.45, 2.75) is 40.2 Å². The Morgan fingerprint density at radius 1 is 1.31 bits per heavy atom. The van der Waals surface area contributed by atoms with Crippen LogP contribution in [0.25, 0.3) is 0 Å². The van der Waals surface area contributed by atoms with Crippen LogP contribution in [0.1, 0.15) is 36.6 Å². The summed E-state index contributed by atoms with van der Waals surface area (Å²) in [5.41, 5.74) is 4.77. The lowest BCUT2D eigenvalue weighted by Crippen LogP contribution is -3.11. The zero-order valence-corrected chi connectivity index (χ0v) is 16.6. The number of aryl methyl sites for hydroxylation is 2. The van der Waals surface area contributed by atoms with E-state index in [0.29, 0.717) is 6.61 Å². The van der Waals surface area contributed by atoms with Crippen LogP contribution < -0.4 is 10.2 Å². The van der Waals surface area contributed by atoms with Gasteiger partial charge < -0.3 is 15.0 Å². The van der Waals surface area contributed by atoms with Gasteiger partial charge in [0.2, 0.25) is 0 Å². The molecule has 0 unspecified atom stereocenters. The highest BCUT2D eigenvalue weighted by atomic mass is 32.1. The van der Waals surface area contributed by atoms with Gasteiger partial charge >= 0.3 is 5.97 Å². The number of likely N-dealkylation sites (tertiary alicyclic amines) is 1. The number of nitrogens with one attached hydrogen (secondary N) is 2. The Morgan fingerprint density at radius 2 is 2.08 bits per heavy atom. The summed E-state index contributed by atoms with van der Waals surface area (Å²) in [6, 6.07) is 6.38. The molecule has 0 aliphatic carbocycles. The molecule has 26 heavy (non-hydrogen) atoms. The molecule has 2 heterocycles. The maximum absolute atomic E-state index is 11.8. The Morgan fingerprint density at radius 3 is 2.77 bits per heavy atom. The van der Waals surface area contributed by atoms with E-state index in [9.17, 15) is 4.79 Å². The van der Waals surface area contributed by atoms with Gasteiger partial charge in [0.05, 0.1) is 25.6 Å². The van der Waals surface area contributed by atoms with Gasteiger partial charge in [0, 0.05) is 23.9 Å². The van der Waals surface area contributed by atoms with Gasteiger partial charge in [-0.3, -0.25) is 4.79 Å². The third-order valence-electron chi connectivity index (χ3n) is 5.05. The fraction of sp³-hybridized carbons (Fsp3) is 0.500. The Hall–Kier alpha value is -1.92. The fourth-order valence-electron chi connectivity index (χ4n) is 3.34. The number of hydrogen-bond donors (Lipinski definition) is 2. The number of hydrogen-bond acceptors (Lipinski definition) is 5. The maximum Gasteiger partial charge on any atom is 0.309 e. The number of carbonyl (C=O) groups excluding carboxylic acids is 1. The summed E-state index contributed by atoms with van der Waals surface area (Å²) in [4.78, 5) is 18.1. The lowest BCUT2D eigenvalue weighted by atomic mass is 9.97. The fourth-order valence-corrected chi connectivity index (χ4v) is 4.07. The minimum atomic E-state index is -0.0277. The molecule has 1 aromatic carbocycles. The van der Waals surface area contributed by atoms with Crippen molar-refractivity contribution in [3.05, 3.63) is 40.4 Å². The van der Waals surface area contributed by atoms with Crippen LogP contribution in [0.4, 0.5) is 10.8 Å². The second kappa shape index (κ2) is 8.64. The maximum atomic E-state index is 11.8. The number of piperidine rings is 1. The number of quaternary nitrogens is 1. The second-order valence-corrected chi connectivity index (χ2v) is 7.88. The topological polar surface area (TPSA) is 55.7 Å². The highest BCUT2D eigenvalue weighted by molar-refractivity contribution is 7.13. The quantitative estimate of drug-likeness (QED) is 0.764. The number of nitrogens with zero attached hydrogens (tertiary/aromatic N) is 1. The molecule has 6 heteroatoms. The molecule has 0 atom stereocenters. The van der Waals surface area contributed by atoms with Crippen LogP contribution in [0.5, 0.6) is 0 Å². The first-order valence-corrected chi connectivity index (χ1v) is 10.2. The van der Waals surface area contributed by atoms with Crippen LogP contribution in [0.15, 0.2) is 23.6 Å². The van der Waals surface area contributed by atoms with E-state index < -0.39 is 0 Å². The van der Waals surface area contributed by atoms with Crippen molar-refractivity contribution in [1.29, 1.82) is 0 Å². The van der Waals surface area contributed by atoms with E-state index in [1.807, 2.05) is 6.92 Å². The highest BCUT2D eigenvalue weighted by Crippen LogP contribution is 2.22. The minimum Gasteiger partial charge on any atom is -0.466 e. The van der Waals surface area contributed by atoms with Crippen LogP contribution in [-0.2, 0) is 16.1 Å². The average Bonchev–Trinajstić information content (AvgIpc) is 3.06. The smallest absolute Gasteiger partial charge is 0.309 e. The molecular formula is C20H28N3O2S+. The average molecular weight is 375 g/mol. The summed E-state index contributed by atoms with van der Waals surface area (Å²) in [5, 5.41) is 6.47. The molecule has 1 aromatic heterocycles. The van der Waals surface area contributed by atoms with E-state index in [0.717, 1.165) is 49.0 Å². The number of ether oxygens (including phenoxy) is 1. The third kappa shape index (κ3) is 4.83. The van der Waals surface area contributed by atoms with Gasteiger partial charge in [0.25, 0.3) is 0 Å². The molecule has 1 saturated heterocycles. The van der Waals surface area contributed by atoms with Crippen molar-refractivity contribution >= 4 is 28.1 Å². The molecule has 140 valence electrons. The van der Waals surface area contributed by atoms with Crippen molar-refractivity contribution in [3.63, 3.8) is 0 Å². The molecule has 1 aliphatic heterocycles. The molecule has 2 N–H and O–H groups in total. The summed E-state index contributed by atoms with van der Waals surface area (Å²) in [6.45, 7) is 9.50. The molecule has 1 fully saturated rings.